The number of carboxylic acids is 1. The van der Waals surface area contributed by atoms with Gasteiger partial charge in [0.2, 0.25) is 5.89 Å². The lowest BCUT2D eigenvalue weighted by atomic mass is 9.98. The Kier molecular flexibility index (Phi) is 10.3. The number of rotatable bonds is 12. The maximum atomic E-state index is 13.6. The second kappa shape index (κ2) is 14.1. The molecular weight excluding hydrogens is 577 g/mol. The number of hydrogen-bond acceptors (Lipinski definition) is 6. The van der Waals surface area contributed by atoms with E-state index in [1.54, 1.807) is 69.3 Å². The molecule has 1 aromatic heterocycles. The summed E-state index contributed by atoms with van der Waals surface area (Å²) in [5.41, 5.74) is 2.39. The molecule has 8 nitrogen and oxygen atoms in total. The van der Waals surface area contributed by atoms with Crippen molar-refractivity contribution in [1.82, 2.24) is 10.3 Å². The fraction of sp³-hybridized carbons (Fsp3) is 0.303. The molecule has 0 saturated carbocycles. The van der Waals surface area contributed by atoms with Crippen LogP contribution in [-0.2, 0) is 35.1 Å². The summed E-state index contributed by atoms with van der Waals surface area (Å²) in [6.45, 7) is 5.60. The number of carbonyl (C=O) groups excluding carboxylic acids is 1. The fourth-order valence-corrected chi connectivity index (χ4v) is 4.62. The van der Waals surface area contributed by atoms with Crippen LogP contribution in [0.1, 0.15) is 48.4 Å². The van der Waals surface area contributed by atoms with Gasteiger partial charge in [0.25, 0.3) is 0 Å². The maximum absolute atomic E-state index is 13.6. The van der Waals surface area contributed by atoms with Crippen LogP contribution in [0.15, 0.2) is 71.1 Å². The first-order valence-electron chi connectivity index (χ1n) is 14.0. The van der Waals surface area contributed by atoms with E-state index in [-0.39, 0.29) is 43.6 Å². The van der Waals surface area contributed by atoms with Crippen LogP contribution in [0, 0.1) is 6.92 Å². The molecule has 0 fully saturated rings. The number of ether oxygens (including phenoxy) is 2. The Morgan fingerprint density at radius 1 is 0.977 bits per heavy atom. The number of amides is 1. The second-order valence-corrected chi connectivity index (χ2v) is 10.4. The minimum absolute atomic E-state index is 0.0604. The first kappa shape index (κ1) is 32.1. The van der Waals surface area contributed by atoms with Crippen molar-refractivity contribution >= 4 is 12.1 Å². The van der Waals surface area contributed by atoms with Gasteiger partial charge in [-0.05, 0) is 79.8 Å². The third-order valence-corrected chi connectivity index (χ3v) is 6.71. The molecule has 2 N–H and O–H groups in total. The van der Waals surface area contributed by atoms with Gasteiger partial charge in [-0.15, -0.1) is 0 Å². The maximum Gasteiger partial charge on any atom is 0.417 e. The first-order chi connectivity index (χ1) is 20.9. The van der Waals surface area contributed by atoms with Gasteiger partial charge in [-0.25, -0.2) is 9.78 Å². The summed E-state index contributed by atoms with van der Waals surface area (Å²) in [7, 11) is 0. The molecule has 0 aliphatic heterocycles. The summed E-state index contributed by atoms with van der Waals surface area (Å²) in [6.07, 6.45) is -4.74. The molecule has 0 saturated heterocycles. The molecule has 0 unspecified atom stereocenters. The Bertz CT molecular complexity index is 1610. The number of alkyl carbamates (subject to hydrolysis) is 1. The number of aryl methyl sites for hydroxylation is 2. The molecule has 4 aromatic rings. The normalized spacial score (nSPS) is 11.4. The van der Waals surface area contributed by atoms with Gasteiger partial charge in [0.1, 0.15) is 11.5 Å². The molecule has 1 heterocycles. The summed E-state index contributed by atoms with van der Waals surface area (Å²) in [6, 6.07) is 17.3. The molecule has 11 heteroatoms. The first-order valence-corrected chi connectivity index (χ1v) is 14.0. The highest BCUT2D eigenvalue weighted by Crippen LogP contribution is 2.38. The molecule has 3 aromatic carbocycles. The van der Waals surface area contributed by atoms with Crippen molar-refractivity contribution < 1.29 is 41.8 Å². The van der Waals surface area contributed by atoms with Crippen LogP contribution in [0.4, 0.5) is 18.0 Å². The molecule has 4 rings (SSSR count). The molecule has 44 heavy (non-hydrogen) atoms. The number of carbonyl (C=O) groups is 2. The highest BCUT2D eigenvalue weighted by atomic mass is 19.4. The molecule has 0 radical (unpaired) electrons. The van der Waals surface area contributed by atoms with Crippen molar-refractivity contribution in [1.29, 1.82) is 0 Å². The highest BCUT2D eigenvalue weighted by Gasteiger charge is 2.33. The van der Waals surface area contributed by atoms with Crippen molar-refractivity contribution in [2.24, 2.45) is 0 Å². The SMILES string of the molecule is Cc1oc(-c2cccc(-c3ccccc3C(F)(F)F)c2)nc1CCOc1ccc(CCC(=O)O)c(CNC(=O)OC(C)C)c1. The highest BCUT2D eigenvalue weighted by molar-refractivity contribution is 5.73. The quantitative estimate of drug-likeness (QED) is 0.170. The lowest BCUT2D eigenvalue weighted by Gasteiger charge is -2.14. The number of benzene rings is 3. The number of oxazole rings is 1. The smallest absolute Gasteiger partial charge is 0.417 e. The number of hydrogen-bond donors (Lipinski definition) is 2. The number of alkyl halides is 3. The molecule has 0 atom stereocenters. The van der Waals surface area contributed by atoms with Crippen LogP contribution in [0.5, 0.6) is 5.75 Å². The monoisotopic (exact) mass is 610 g/mol. The van der Waals surface area contributed by atoms with Crippen LogP contribution in [0.25, 0.3) is 22.6 Å². The van der Waals surface area contributed by atoms with E-state index in [1.165, 1.54) is 12.1 Å². The average Bonchev–Trinajstić information content (AvgIpc) is 3.35. The Balaban J connectivity index is 1.45. The van der Waals surface area contributed by atoms with Crippen LogP contribution in [0.2, 0.25) is 0 Å². The van der Waals surface area contributed by atoms with Crippen molar-refractivity contribution in [3.8, 4) is 28.3 Å². The van der Waals surface area contributed by atoms with Crippen molar-refractivity contribution in [2.45, 2.75) is 58.9 Å². The number of nitrogens with zero attached hydrogens (tertiary/aromatic N) is 1. The minimum Gasteiger partial charge on any atom is -0.493 e. The molecule has 1 amide bonds. The zero-order valence-electron chi connectivity index (χ0n) is 24.5. The van der Waals surface area contributed by atoms with Gasteiger partial charge in [0.05, 0.1) is 24.0 Å². The molecule has 0 bridgehead atoms. The van der Waals surface area contributed by atoms with E-state index in [2.05, 4.69) is 10.3 Å². The number of aliphatic carboxylic acids is 1. The second-order valence-electron chi connectivity index (χ2n) is 10.4. The van der Waals surface area contributed by atoms with Gasteiger partial charge in [-0.3, -0.25) is 4.79 Å². The standard InChI is InChI=1S/C33H33F3N2O6/c1-20(2)43-32(41)37-19-25-18-26(13-11-22(25)12-14-30(39)40)42-16-15-29-21(3)44-31(38-29)24-8-6-7-23(17-24)27-9-4-5-10-28(27)33(34,35)36/h4-11,13,17-18,20H,12,14-16,19H2,1-3H3,(H,37,41)(H,39,40). The lowest BCUT2D eigenvalue weighted by molar-refractivity contribution is -0.137. The van der Waals surface area contributed by atoms with E-state index in [0.29, 0.717) is 40.3 Å². The Labute approximate surface area is 252 Å². The van der Waals surface area contributed by atoms with Gasteiger partial charge in [-0.1, -0.05) is 36.4 Å². The van der Waals surface area contributed by atoms with Crippen LogP contribution in [-0.4, -0.2) is 34.9 Å². The largest absolute Gasteiger partial charge is 0.493 e. The van der Waals surface area contributed by atoms with Gasteiger partial charge in [0, 0.05) is 24.9 Å². The number of halogens is 3. The van der Waals surface area contributed by atoms with E-state index in [9.17, 15) is 22.8 Å². The third kappa shape index (κ3) is 8.62. The van der Waals surface area contributed by atoms with Gasteiger partial charge >= 0.3 is 18.2 Å². The van der Waals surface area contributed by atoms with E-state index in [4.69, 9.17) is 19.0 Å². The summed E-state index contributed by atoms with van der Waals surface area (Å²) in [4.78, 5) is 27.7. The molecular formula is C33H33F3N2O6. The zero-order valence-corrected chi connectivity index (χ0v) is 24.5. The molecule has 232 valence electrons. The van der Waals surface area contributed by atoms with Crippen molar-refractivity contribution in [2.75, 3.05) is 6.61 Å². The van der Waals surface area contributed by atoms with E-state index < -0.39 is 23.8 Å². The number of carboxylic acid groups (broad SMARTS) is 1. The summed E-state index contributed by atoms with van der Waals surface area (Å²) in [5.74, 6) is 0.440. The predicted octanol–water partition coefficient (Wildman–Crippen LogP) is 7.61. The Morgan fingerprint density at radius 3 is 2.45 bits per heavy atom. The number of nitrogens with one attached hydrogen (secondary N) is 1. The van der Waals surface area contributed by atoms with Gasteiger partial charge < -0.3 is 24.3 Å². The minimum atomic E-state index is -4.49. The fourth-order valence-electron chi connectivity index (χ4n) is 4.62. The summed E-state index contributed by atoms with van der Waals surface area (Å²) in [5, 5.41) is 11.8. The van der Waals surface area contributed by atoms with Gasteiger partial charge in [0.15, 0.2) is 0 Å². The lowest BCUT2D eigenvalue weighted by Crippen LogP contribution is -2.26. The van der Waals surface area contributed by atoms with Crippen LogP contribution < -0.4 is 10.1 Å². The van der Waals surface area contributed by atoms with E-state index >= 15 is 0 Å². The predicted molar refractivity (Wildman–Crippen MR) is 157 cm³/mol. The Morgan fingerprint density at radius 2 is 1.73 bits per heavy atom. The molecule has 0 spiro atoms. The van der Waals surface area contributed by atoms with Crippen molar-refractivity contribution in [3.63, 3.8) is 0 Å². The third-order valence-electron chi connectivity index (χ3n) is 6.71. The van der Waals surface area contributed by atoms with Gasteiger partial charge in [-0.2, -0.15) is 13.2 Å². The average molecular weight is 611 g/mol. The zero-order chi connectivity index (χ0) is 31.9. The molecule has 0 aliphatic carbocycles. The van der Waals surface area contributed by atoms with E-state index in [1.807, 2.05) is 0 Å². The van der Waals surface area contributed by atoms with Crippen LogP contribution in [0.3, 0.4) is 0 Å². The number of aromatic nitrogens is 1. The van der Waals surface area contributed by atoms with Crippen molar-refractivity contribution in [3.05, 3.63) is 94.9 Å². The topological polar surface area (TPSA) is 111 Å². The summed E-state index contributed by atoms with van der Waals surface area (Å²) >= 11 is 0. The Hall–Kier alpha value is -4.80. The summed E-state index contributed by atoms with van der Waals surface area (Å²) < 4.78 is 57.7. The van der Waals surface area contributed by atoms with E-state index in [0.717, 1.165) is 11.6 Å². The molecule has 0 aliphatic rings. The van der Waals surface area contributed by atoms with Crippen LogP contribution >= 0.6 is 0 Å².